The number of hydrogen-bond donors (Lipinski definition) is 2. The lowest BCUT2D eigenvalue weighted by Gasteiger charge is -2.33. The number of nitrogens with one attached hydrogen (secondary N) is 2. The summed E-state index contributed by atoms with van der Waals surface area (Å²) < 4.78 is 38.5. The number of nitrogens with zero attached hydrogens (tertiary/aromatic N) is 2. The molecular formula is C17H22ClF3N4O3. The minimum absolute atomic E-state index is 0. The predicted molar refractivity (Wildman–Crippen MR) is 99.7 cm³/mol. The molecule has 2 saturated heterocycles. The van der Waals surface area contributed by atoms with Crippen LogP contribution < -0.4 is 15.5 Å². The van der Waals surface area contributed by atoms with Crippen molar-refractivity contribution in [3.63, 3.8) is 0 Å². The maximum Gasteiger partial charge on any atom is 0.416 e. The van der Waals surface area contributed by atoms with Crippen molar-refractivity contribution in [1.82, 2.24) is 10.6 Å². The van der Waals surface area contributed by atoms with E-state index in [1.165, 1.54) is 0 Å². The Morgan fingerprint density at radius 2 is 1.93 bits per heavy atom. The number of alkyl halides is 3. The molecule has 28 heavy (non-hydrogen) atoms. The summed E-state index contributed by atoms with van der Waals surface area (Å²) in [5, 5.41) is 17.4. The molecule has 0 aliphatic carbocycles. The molecule has 1 amide bonds. The van der Waals surface area contributed by atoms with Gasteiger partial charge in [0.15, 0.2) is 0 Å². The lowest BCUT2D eigenvalue weighted by atomic mass is 9.94. The lowest BCUT2D eigenvalue weighted by molar-refractivity contribution is -0.384. The van der Waals surface area contributed by atoms with Gasteiger partial charge in [-0.3, -0.25) is 14.9 Å². The van der Waals surface area contributed by atoms with Crippen LogP contribution in [0.15, 0.2) is 18.2 Å². The average Bonchev–Trinajstić information content (AvgIpc) is 3.13. The van der Waals surface area contributed by atoms with E-state index in [-0.39, 0.29) is 36.0 Å². The molecule has 0 bridgehead atoms. The number of hydrogen-bond acceptors (Lipinski definition) is 5. The highest BCUT2D eigenvalue weighted by atomic mass is 35.5. The smallest absolute Gasteiger partial charge is 0.366 e. The van der Waals surface area contributed by atoms with Crippen LogP contribution in [-0.2, 0) is 11.0 Å². The zero-order valence-electron chi connectivity index (χ0n) is 15.0. The molecule has 2 N–H and O–H groups in total. The SMILES string of the molecule is Cl.O=C(NC1CCNC1)C1CCN(c2ccc(C(F)(F)F)cc2[N+](=O)[O-])CC1. The van der Waals surface area contributed by atoms with Crippen LogP contribution in [-0.4, -0.2) is 43.1 Å². The van der Waals surface area contributed by atoms with Crippen LogP contribution >= 0.6 is 12.4 Å². The van der Waals surface area contributed by atoms with E-state index >= 15 is 0 Å². The lowest BCUT2D eigenvalue weighted by Crippen LogP contribution is -2.44. The first-order valence-corrected chi connectivity index (χ1v) is 8.87. The fourth-order valence-electron chi connectivity index (χ4n) is 3.59. The summed E-state index contributed by atoms with van der Waals surface area (Å²) >= 11 is 0. The molecule has 156 valence electrons. The molecule has 0 saturated carbocycles. The van der Waals surface area contributed by atoms with E-state index < -0.39 is 22.4 Å². The molecule has 0 spiro atoms. The number of nitro benzene ring substituents is 1. The Hall–Kier alpha value is -2.07. The van der Waals surface area contributed by atoms with Crippen LogP contribution in [0, 0.1) is 16.0 Å². The monoisotopic (exact) mass is 422 g/mol. The molecule has 2 heterocycles. The first kappa shape index (κ1) is 22.2. The van der Waals surface area contributed by atoms with Gasteiger partial charge in [-0.1, -0.05) is 0 Å². The van der Waals surface area contributed by atoms with Gasteiger partial charge in [-0.05, 0) is 37.9 Å². The Balaban J connectivity index is 0.00000280. The highest BCUT2D eigenvalue weighted by Crippen LogP contribution is 2.37. The topological polar surface area (TPSA) is 87.5 Å². The molecule has 1 aromatic rings. The Labute approximate surface area is 166 Å². The largest absolute Gasteiger partial charge is 0.416 e. The second-order valence-electron chi connectivity index (χ2n) is 6.92. The van der Waals surface area contributed by atoms with Gasteiger partial charge in [0.25, 0.3) is 5.69 Å². The summed E-state index contributed by atoms with van der Waals surface area (Å²) in [6, 6.07) is 2.70. The molecule has 2 aliphatic heterocycles. The molecule has 11 heteroatoms. The van der Waals surface area contributed by atoms with E-state index in [0.717, 1.165) is 31.6 Å². The maximum absolute atomic E-state index is 12.8. The van der Waals surface area contributed by atoms with Gasteiger partial charge in [-0.15, -0.1) is 12.4 Å². The molecule has 2 fully saturated rings. The van der Waals surface area contributed by atoms with E-state index in [2.05, 4.69) is 10.6 Å². The third-order valence-electron chi connectivity index (χ3n) is 5.11. The van der Waals surface area contributed by atoms with Crippen LogP contribution in [0.1, 0.15) is 24.8 Å². The van der Waals surface area contributed by atoms with Gasteiger partial charge in [-0.2, -0.15) is 13.2 Å². The number of benzene rings is 1. The number of carbonyl (C=O) groups is 1. The molecule has 0 aromatic heterocycles. The van der Waals surface area contributed by atoms with Crippen molar-refractivity contribution in [2.75, 3.05) is 31.1 Å². The zero-order valence-corrected chi connectivity index (χ0v) is 15.8. The number of amides is 1. The number of nitro groups is 1. The highest BCUT2D eigenvalue weighted by molar-refractivity contribution is 5.85. The molecule has 1 atom stereocenters. The van der Waals surface area contributed by atoms with Gasteiger partial charge in [0.1, 0.15) is 5.69 Å². The van der Waals surface area contributed by atoms with Crippen LogP contribution in [0.5, 0.6) is 0 Å². The molecule has 3 rings (SSSR count). The van der Waals surface area contributed by atoms with Gasteiger partial charge in [0, 0.05) is 37.7 Å². The normalized spacial score (nSPS) is 20.5. The first-order valence-electron chi connectivity index (χ1n) is 8.87. The zero-order chi connectivity index (χ0) is 19.6. The molecule has 7 nitrogen and oxygen atoms in total. The molecule has 1 aromatic carbocycles. The summed E-state index contributed by atoms with van der Waals surface area (Å²) in [6.07, 6.45) is -2.74. The Morgan fingerprint density at radius 1 is 1.25 bits per heavy atom. The fraction of sp³-hybridized carbons (Fsp3) is 0.588. The number of rotatable bonds is 4. The average molecular weight is 423 g/mol. The van der Waals surface area contributed by atoms with Crippen molar-refractivity contribution in [2.24, 2.45) is 5.92 Å². The van der Waals surface area contributed by atoms with Gasteiger partial charge in [-0.25, -0.2) is 0 Å². The van der Waals surface area contributed by atoms with Crippen molar-refractivity contribution in [3.8, 4) is 0 Å². The molecular weight excluding hydrogens is 401 g/mol. The van der Waals surface area contributed by atoms with Crippen LogP contribution in [0.2, 0.25) is 0 Å². The van der Waals surface area contributed by atoms with E-state index in [1.807, 2.05) is 0 Å². The molecule has 1 unspecified atom stereocenters. The van der Waals surface area contributed by atoms with Crippen molar-refractivity contribution in [2.45, 2.75) is 31.5 Å². The fourth-order valence-corrected chi connectivity index (χ4v) is 3.59. The van der Waals surface area contributed by atoms with Crippen LogP contribution in [0.3, 0.4) is 0 Å². The van der Waals surface area contributed by atoms with E-state index in [0.29, 0.717) is 32.0 Å². The van der Waals surface area contributed by atoms with Crippen LogP contribution in [0.25, 0.3) is 0 Å². The van der Waals surface area contributed by atoms with Crippen molar-refractivity contribution in [3.05, 3.63) is 33.9 Å². The standard InChI is InChI=1S/C17H21F3N4O3.ClH/c18-17(19,20)12-1-2-14(15(9-12)24(26)27)23-7-4-11(5-8-23)16(25)22-13-3-6-21-10-13;/h1-2,9,11,13,21H,3-8,10H2,(H,22,25);1H. The minimum Gasteiger partial charge on any atom is -0.366 e. The Morgan fingerprint density at radius 3 is 2.46 bits per heavy atom. The summed E-state index contributed by atoms with van der Waals surface area (Å²) in [5.74, 6) is -0.208. The Bertz CT molecular complexity index is 718. The van der Waals surface area contributed by atoms with Gasteiger partial charge < -0.3 is 15.5 Å². The summed E-state index contributed by atoms with van der Waals surface area (Å²) in [6.45, 7) is 2.39. The highest BCUT2D eigenvalue weighted by Gasteiger charge is 2.35. The van der Waals surface area contributed by atoms with Gasteiger partial charge in [0.2, 0.25) is 5.91 Å². The van der Waals surface area contributed by atoms with Crippen molar-refractivity contribution < 1.29 is 22.9 Å². The third kappa shape index (κ3) is 5.05. The predicted octanol–water partition coefficient (Wildman–Crippen LogP) is 2.73. The summed E-state index contributed by atoms with van der Waals surface area (Å²) in [4.78, 5) is 24.5. The first-order chi connectivity index (χ1) is 12.8. The Kier molecular flexibility index (Phi) is 7.11. The quantitative estimate of drug-likeness (QED) is 0.575. The summed E-state index contributed by atoms with van der Waals surface area (Å²) in [5.41, 5.74) is -1.45. The number of carbonyl (C=O) groups excluding carboxylic acids is 1. The van der Waals surface area contributed by atoms with Crippen LogP contribution in [0.4, 0.5) is 24.5 Å². The second kappa shape index (κ2) is 8.95. The minimum atomic E-state index is -4.64. The van der Waals surface area contributed by atoms with Crippen molar-refractivity contribution >= 4 is 29.7 Å². The summed E-state index contributed by atoms with van der Waals surface area (Å²) in [7, 11) is 0. The second-order valence-corrected chi connectivity index (χ2v) is 6.92. The maximum atomic E-state index is 12.8. The van der Waals surface area contributed by atoms with E-state index in [4.69, 9.17) is 0 Å². The van der Waals surface area contributed by atoms with Crippen molar-refractivity contribution in [1.29, 1.82) is 0 Å². The molecule has 2 aliphatic rings. The molecule has 0 radical (unpaired) electrons. The van der Waals surface area contributed by atoms with E-state index in [1.54, 1.807) is 4.90 Å². The van der Waals surface area contributed by atoms with Gasteiger partial charge >= 0.3 is 6.18 Å². The number of anilines is 1. The van der Waals surface area contributed by atoms with Gasteiger partial charge in [0.05, 0.1) is 10.5 Å². The number of piperidine rings is 1. The number of halogens is 4. The third-order valence-corrected chi connectivity index (χ3v) is 5.11. The van der Waals surface area contributed by atoms with E-state index in [9.17, 15) is 28.1 Å².